The summed E-state index contributed by atoms with van der Waals surface area (Å²) in [4.78, 5) is 23.3. The SMILES string of the molecule is CCCCC/C=C\C/C=C\CCCCCCCCCCCC(=O)OC(CCCCCCCCC)CCCC(=O)O. The standard InChI is InChI=1S/C36H66O4/c1-3-5-7-9-11-12-13-14-15-16-17-18-19-20-21-22-24-26-28-33-36(39)40-34(31-29-32-35(37)38)30-27-25-23-10-8-6-4-2/h11-12,14-15,34H,3-10,13,16-33H2,1-2H3,(H,37,38)/b12-11-,15-14-. The Hall–Kier alpha value is -1.58. The molecular weight excluding hydrogens is 496 g/mol. The number of unbranched alkanes of at least 4 members (excludes halogenated alkanes) is 18. The van der Waals surface area contributed by atoms with Crippen LogP contribution in [0.2, 0.25) is 0 Å². The summed E-state index contributed by atoms with van der Waals surface area (Å²) in [5, 5.41) is 8.94. The Labute approximate surface area is 248 Å². The van der Waals surface area contributed by atoms with Crippen LogP contribution in [0.4, 0.5) is 0 Å². The van der Waals surface area contributed by atoms with Gasteiger partial charge in [0.2, 0.25) is 0 Å². The number of aliphatic carboxylic acids is 1. The van der Waals surface area contributed by atoms with Crippen molar-refractivity contribution < 1.29 is 19.4 Å². The molecule has 0 aromatic carbocycles. The maximum atomic E-state index is 12.4. The average Bonchev–Trinajstić information content (AvgIpc) is 2.93. The Morgan fingerprint density at radius 2 is 1.00 bits per heavy atom. The van der Waals surface area contributed by atoms with Crippen molar-refractivity contribution in [2.75, 3.05) is 0 Å². The zero-order valence-corrected chi connectivity index (χ0v) is 26.7. The zero-order valence-electron chi connectivity index (χ0n) is 26.7. The molecule has 1 unspecified atom stereocenters. The van der Waals surface area contributed by atoms with Crippen LogP contribution in [0.25, 0.3) is 0 Å². The van der Waals surface area contributed by atoms with E-state index in [0.717, 1.165) is 32.1 Å². The number of carboxylic acid groups (broad SMARTS) is 1. The lowest BCUT2D eigenvalue weighted by atomic mass is 10.0. The van der Waals surface area contributed by atoms with Crippen LogP contribution in [-0.2, 0) is 14.3 Å². The minimum absolute atomic E-state index is 0.0969. The second-order valence-electron chi connectivity index (χ2n) is 11.7. The van der Waals surface area contributed by atoms with E-state index in [2.05, 4.69) is 38.2 Å². The molecule has 0 aliphatic carbocycles. The van der Waals surface area contributed by atoms with Crippen LogP contribution >= 0.6 is 0 Å². The summed E-state index contributed by atoms with van der Waals surface area (Å²) in [5.41, 5.74) is 0. The third-order valence-electron chi connectivity index (χ3n) is 7.68. The minimum Gasteiger partial charge on any atom is -0.481 e. The van der Waals surface area contributed by atoms with Crippen molar-refractivity contribution in [2.45, 2.75) is 193 Å². The fourth-order valence-corrected chi connectivity index (χ4v) is 5.10. The highest BCUT2D eigenvalue weighted by atomic mass is 16.5. The van der Waals surface area contributed by atoms with Gasteiger partial charge in [0.1, 0.15) is 6.10 Å². The second kappa shape index (κ2) is 31.9. The van der Waals surface area contributed by atoms with E-state index >= 15 is 0 Å². The number of rotatable bonds is 31. The van der Waals surface area contributed by atoms with Crippen LogP contribution in [0.15, 0.2) is 24.3 Å². The van der Waals surface area contributed by atoms with Crippen LogP contribution in [-0.4, -0.2) is 23.1 Å². The molecule has 234 valence electrons. The maximum Gasteiger partial charge on any atom is 0.306 e. The molecular formula is C36H66O4. The predicted octanol–water partition coefficient (Wildman–Crippen LogP) is 11.7. The monoisotopic (exact) mass is 562 g/mol. The first kappa shape index (κ1) is 38.4. The summed E-state index contributed by atoms with van der Waals surface area (Å²) < 4.78 is 5.77. The van der Waals surface area contributed by atoms with Gasteiger partial charge in [-0.05, 0) is 64.2 Å². The molecule has 0 aliphatic heterocycles. The summed E-state index contributed by atoms with van der Waals surface area (Å²) in [6, 6.07) is 0. The second-order valence-corrected chi connectivity index (χ2v) is 11.7. The van der Waals surface area contributed by atoms with Crippen molar-refractivity contribution in [1.29, 1.82) is 0 Å². The molecule has 0 saturated carbocycles. The van der Waals surface area contributed by atoms with Crippen LogP contribution < -0.4 is 0 Å². The summed E-state index contributed by atoms with van der Waals surface area (Å²) in [7, 11) is 0. The molecule has 0 spiro atoms. The number of allylic oxidation sites excluding steroid dienone is 4. The van der Waals surface area contributed by atoms with E-state index in [1.54, 1.807) is 0 Å². The Morgan fingerprint density at radius 1 is 0.550 bits per heavy atom. The van der Waals surface area contributed by atoms with Crippen molar-refractivity contribution in [3.8, 4) is 0 Å². The fourth-order valence-electron chi connectivity index (χ4n) is 5.10. The first-order valence-electron chi connectivity index (χ1n) is 17.3. The lowest BCUT2D eigenvalue weighted by Crippen LogP contribution is -2.18. The van der Waals surface area contributed by atoms with Crippen LogP contribution in [0.3, 0.4) is 0 Å². The van der Waals surface area contributed by atoms with Gasteiger partial charge in [-0.2, -0.15) is 0 Å². The summed E-state index contributed by atoms with van der Waals surface area (Å²) in [5.74, 6) is -0.870. The highest BCUT2D eigenvalue weighted by Crippen LogP contribution is 2.17. The van der Waals surface area contributed by atoms with E-state index < -0.39 is 5.97 Å². The van der Waals surface area contributed by atoms with Gasteiger partial charge < -0.3 is 9.84 Å². The van der Waals surface area contributed by atoms with Crippen LogP contribution in [0.1, 0.15) is 187 Å². The van der Waals surface area contributed by atoms with E-state index in [0.29, 0.717) is 19.3 Å². The smallest absolute Gasteiger partial charge is 0.306 e. The highest BCUT2D eigenvalue weighted by molar-refractivity contribution is 5.69. The molecule has 0 aromatic rings. The summed E-state index contributed by atoms with van der Waals surface area (Å²) in [6.45, 7) is 4.48. The number of hydrogen-bond acceptors (Lipinski definition) is 3. The predicted molar refractivity (Wildman–Crippen MR) is 172 cm³/mol. The maximum absolute atomic E-state index is 12.4. The van der Waals surface area contributed by atoms with Crippen molar-refractivity contribution in [2.24, 2.45) is 0 Å². The van der Waals surface area contributed by atoms with Crippen molar-refractivity contribution >= 4 is 11.9 Å². The van der Waals surface area contributed by atoms with Crippen molar-refractivity contribution in [1.82, 2.24) is 0 Å². The quantitative estimate of drug-likeness (QED) is 0.0518. The van der Waals surface area contributed by atoms with Gasteiger partial charge in [0.15, 0.2) is 0 Å². The van der Waals surface area contributed by atoms with Crippen molar-refractivity contribution in [3.05, 3.63) is 24.3 Å². The van der Waals surface area contributed by atoms with Crippen molar-refractivity contribution in [3.63, 3.8) is 0 Å². The number of carboxylic acids is 1. The molecule has 0 aliphatic rings. The van der Waals surface area contributed by atoms with E-state index in [9.17, 15) is 9.59 Å². The molecule has 40 heavy (non-hydrogen) atoms. The van der Waals surface area contributed by atoms with Crippen LogP contribution in [0, 0.1) is 0 Å². The van der Waals surface area contributed by atoms with Gasteiger partial charge in [0.05, 0.1) is 0 Å². The van der Waals surface area contributed by atoms with Gasteiger partial charge in [-0.1, -0.05) is 134 Å². The van der Waals surface area contributed by atoms with Gasteiger partial charge >= 0.3 is 11.9 Å². The number of esters is 1. The number of ether oxygens (including phenoxy) is 1. The molecule has 0 bridgehead atoms. The fraction of sp³-hybridized carbons (Fsp3) is 0.833. The Kier molecular flexibility index (Phi) is 30.7. The lowest BCUT2D eigenvalue weighted by molar-refractivity contribution is -0.150. The Morgan fingerprint density at radius 3 is 1.57 bits per heavy atom. The Bertz CT molecular complexity index is 610. The zero-order chi connectivity index (χ0) is 29.4. The molecule has 0 fully saturated rings. The molecule has 4 nitrogen and oxygen atoms in total. The first-order chi connectivity index (χ1) is 19.6. The normalized spacial score (nSPS) is 12.4. The molecule has 0 amide bonds. The third-order valence-corrected chi connectivity index (χ3v) is 7.68. The largest absolute Gasteiger partial charge is 0.481 e. The summed E-state index contributed by atoms with van der Waals surface area (Å²) >= 11 is 0. The van der Waals surface area contributed by atoms with E-state index in [1.807, 2.05) is 0 Å². The highest BCUT2D eigenvalue weighted by Gasteiger charge is 2.15. The lowest BCUT2D eigenvalue weighted by Gasteiger charge is -2.18. The third kappa shape index (κ3) is 31.0. The molecule has 0 aromatic heterocycles. The molecule has 0 saturated heterocycles. The minimum atomic E-state index is -0.773. The van der Waals surface area contributed by atoms with E-state index in [4.69, 9.17) is 9.84 Å². The van der Waals surface area contributed by atoms with Gasteiger partial charge in [-0.15, -0.1) is 0 Å². The van der Waals surface area contributed by atoms with E-state index in [1.165, 1.54) is 116 Å². The molecule has 0 radical (unpaired) electrons. The van der Waals surface area contributed by atoms with Crippen LogP contribution in [0.5, 0.6) is 0 Å². The van der Waals surface area contributed by atoms with Gasteiger partial charge in [0, 0.05) is 12.8 Å². The molecule has 4 heteroatoms. The number of carbonyl (C=O) groups is 2. The first-order valence-corrected chi connectivity index (χ1v) is 17.3. The summed E-state index contributed by atoms with van der Waals surface area (Å²) in [6.07, 6.45) is 39.1. The van der Waals surface area contributed by atoms with Gasteiger partial charge in [-0.3, -0.25) is 9.59 Å². The Balaban J connectivity index is 3.72. The number of carbonyl (C=O) groups excluding carboxylic acids is 1. The molecule has 0 rings (SSSR count). The molecule has 1 N–H and O–H groups in total. The number of hydrogen-bond donors (Lipinski definition) is 1. The van der Waals surface area contributed by atoms with E-state index in [-0.39, 0.29) is 18.5 Å². The topological polar surface area (TPSA) is 63.6 Å². The average molecular weight is 563 g/mol. The molecule has 0 heterocycles. The van der Waals surface area contributed by atoms with Gasteiger partial charge in [-0.25, -0.2) is 0 Å². The van der Waals surface area contributed by atoms with Gasteiger partial charge in [0.25, 0.3) is 0 Å². The molecule has 1 atom stereocenters.